The lowest BCUT2D eigenvalue weighted by Gasteiger charge is -2.39. The number of nitrogens with one attached hydrogen (secondary N) is 1. The van der Waals surface area contributed by atoms with Crippen molar-refractivity contribution in [3.05, 3.63) is 0 Å². The average Bonchev–Trinajstić information content (AvgIpc) is 3.00. The van der Waals surface area contributed by atoms with Crippen LogP contribution in [0.4, 0.5) is 0 Å². The van der Waals surface area contributed by atoms with E-state index in [-0.39, 0.29) is 0 Å². The molecule has 0 radical (unpaired) electrons. The van der Waals surface area contributed by atoms with Gasteiger partial charge in [-0.2, -0.15) is 0 Å². The second-order valence-corrected chi connectivity index (χ2v) is 5.41. The number of nitrogens with zero attached hydrogens (tertiary/aromatic N) is 1. The Balaban J connectivity index is 1.86. The molecule has 2 fully saturated rings. The average molecular weight is 210 g/mol. The van der Waals surface area contributed by atoms with Crippen molar-refractivity contribution < 1.29 is 0 Å². The Labute approximate surface area is 94.4 Å². The summed E-state index contributed by atoms with van der Waals surface area (Å²) in [6, 6.07) is 2.43. The summed E-state index contributed by atoms with van der Waals surface area (Å²) in [5.41, 5.74) is 0. The van der Waals surface area contributed by atoms with Gasteiger partial charge < -0.3 is 5.32 Å². The van der Waals surface area contributed by atoms with E-state index in [1.54, 1.807) is 0 Å². The molecule has 1 saturated carbocycles. The Morgan fingerprint density at radius 2 is 2.13 bits per heavy atom. The summed E-state index contributed by atoms with van der Waals surface area (Å²) in [6.07, 6.45) is 5.48. The van der Waals surface area contributed by atoms with Crippen molar-refractivity contribution in [3.8, 4) is 0 Å². The Hall–Kier alpha value is -0.0800. The van der Waals surface area contributed by atoms with Crippen LogP contribution in [0.25, 0.3) is 0 Å². The second kappa shape index (κ2) is 4.84. The molecule has 1 saturated heterocycles. The Kier molecular flexibility index (Phi) is 3.68. The first-order valence-corrected chi connectivity index (χ1v) is 6.75. The van der Waals surface area contributed by atoms with E-state index < -0.39 is 0 Å². The van der Waals surface area contributed by atoms with Crippen LogP contribution < -0.4 is 5.32 Å². The minimum Gasteiger partial charge on any atom is -0.311 e. The van der Waals surface area contributed by atoms with Gasteiger partial charge in [-0.15, -0.1) is 0 Å². The summed E-state index contributed by atoms with van der Waals surface area (Å²) in [5, 5.41) is 3.67. The van der Waals surface area contributed by atoms with Crippen molar-refractivity contribution in [2.24, 2.45) is 5.92 Å². The number of hydrogen-bond donors (Lipinski definition) is 1. The molecule has 2 rings (SSSR count). The van der Waals surface area contributed by atoms with Crippen molar-refractivity contribution in [1.82, 2.24) is 10.2 Å². The second-order valence-electron chi connectivity index (χ2n) is 5.41. The van der Waals surface area contributed by atoms with E-state index in [0.29, 0.717) is 0 Å². The zero-order chi connectivity index (χ0) is 10.8. The fourth-order valence-corrected chi connectivity index (χ4v) is 3.03. The van der Waals surface area contributed by atoms with Crippen LogP contribution in [0, 0.1) is 5.92 Å². The van der Waals surface area contributed by atoms with Crippen LogP contribution in [-0.4, -0.2) is 36.1 Å². The molecule has 0 amide bonds. The third-order valence-corrected chi connectivity index (χ3v) is 4.17. The summed E-state index contributed by atoms with van der Waals surface area (Å²) in [7, 11) is 0. The van der Waals surface area contributed by atoms with E-state index >= 15 is 0 Å². The molecule has 4 unspecified atom stereocenters. The SMILES string of the molecule is CCCC1CN(C2CC2CC)C(C)CN1. The van der Waals surface area contributed by atoms with Crippen LogP contribution >= 0.6 is 0 Å². The molecule has 1 heterocycles. The van der Waals surface area contributed by atoms with Crippen molar-refractivity contribution in [3.63, 3.8) is 0 Å². The summed E-state index contributed by atoms with van der Waals surface area (Å²) in [5.74, 6) is 1.01. The molecular weight excluding hydrogens is 184 g/mol. The predicted octanol–water partition coefficient (Wildman–Crippen LogP) is 2.25. The smallest absolute Gasteiger partial charge is 0.0196 e. The fraction of sp³-hybridized carbons (Fsp3) is 1.00. The minimum atomic E-state index is 0.750. The number of hydrogen-bond acceptors (Lipinski definition) is 2. The standard InChI is InChI=1S/C13H26N2/c1-4-6-12-9-15(10(3)8-14-12)13-7-11(13)5-2/h10-14H,4-9H2,1-3H3. The van der Waals surface area contributed by atoms with E-state index in [1.165, 1.54) is 38.8 Å². The molecule has 15 heavy (non-hydrogen) atoms. The Bertz CT molecular complexity index is 205. The molecule has 0 aromatic heterocycles. The number of piperazine rings is 1. The van der Waals surface area contributed by atoms with Crippen molar-refractivity contribution in [2.45, 2.75) is 64.6 Å². The maximum atomic E-state index is 3.67. The zero-order valence-electron chi connectivity index (χ0n) is 10.5. The highest BCUT2D eigenvalue weighted by Crippen LogP contribution is 2.39. The van der Waals surface area contributed by atoms with Gasteiger partial charge in [0.25, 0.3) is 0 Å². The first-order valence-electron chi connectivity index (χ1n) is 6.75. The molecule has 1 aliphatic carbocycles. The largest absolute Gasteiger partial charge is 0.311 e. The minimum absolute atomic E-state index is 0.750. The van der Waals surface area contributed by atoms with Crippen LogP contribution in [0.2, 0.25) is 0 Å². The lowest BCUT2D eigenvalue weighted by molar-refractivity contribution is 0.122. The topological polar surface area (TPSA) is 15.3 Å². The normalized spacial score (nSPS) is 41.8. The van der Waals surface area contributed by atoms with Gasteiger partial charge in [-0.1, -0.05) is 26.7 Å². The van der Waals surface area contributed by atoms with Gasteiger partial charge in [-0.05, 0) is 25.7 Å². The van der Waals surface area contributed by atoms with E-state index in [2.05, 4.69) is 31.0 Å². The van der Waals surface area contributed by atoms with E-state index in [0.717, 1.165) is 24.0 Å². The van der Waals surface area contributed by atoms with E-state index in [1.807, 2.05) is 0 Å². The number of rotatable bonds is 4. The molecule has 88 valence electrons. The van der Waals surface area contributed by atoms with Gasteiger partial charge in [0.2, 0.25) is 0 Å². The maximum Gasteiger partial charge on any atom is 0.0196 e. The molecule has 0 spiro atoms. The van der Waals surface area contributed by atoms with Gasteiger partial charge in [0.05, 0.1) is 0 Å². The molecule has 4 atom stereocenters. The molecule has 0 bridgehead atoms. The summed E-state index contributed by atoms with van der Waals surface area (Å²) >= 11 is 0. The summed E-state index contributed by atoms with van der Waals surface area (Å²) in [6.45, 7) is 9.48. The van der Waals surface area contributed by atoms with Gasteiger partial charge in [-0.25, -0.2) is 0 Å². The van der Waals surface area contributed by atoms with Gasteiger partial charge in [0.15, 0.2) is 0 Å². The fourth-order valence-electron chi connectivity index (χ4n) is 3.03. The van der Waals surface area contributed by atoms with E-state index in [4.69, 9.17) is 0 Å². The first kappa shape index (κ1) is 11.4. The van der Waals surface area contributed by atoms with Crippen LogP contribution in [0.1, 0.15) is 46.5 Å². The van der Waals surface area contributed by atoms with E-state index in [9.17, 15) is 0 Å². The third-order valence-electron chi connectivity index (χ3n) is 4.17. The molecule has 1 aliphatic heterocycles. The van der Waals surface area contributed by atoms with Crippen LogP contribution in [0.15, 0.2) is 0 Å². The van der Waals surface area contributed by atoms with Crippen molar-refractivity contribution in [1.29, 1.82) is 0 Å². The van der Waals surface area contributed by atoms with Crippen molar-refractivity contribution in [2.75, 3.05) is 13.1 Å². The molecule has 0 aromatic rings. The predicted molar refractivity (Wildman–Crippen MR) is 65.1 cm³/mol. The highest BCUT2D eigenvalue weighted by atomic mass is 15.3. The lowest BCUT2D eigenvalue weighted by atomic mass is 10.1. The Morgan fingerprint density at radius 1 is 1.33 bits per heavy atom. The molecule has 2 aliphatic rings. The van der Waals surface area contributed by atoms with Gasteiger partial charge >= 0.3 is 0 Å². The molecule has 2 nitrogen and oxygen atoms in total. The zero-order valence-corrected chi connectivity index (χ0v) is 10.5. The quantitative estimate of drug-likeness (QED) is 0.765. The molecule has 1 N–H and O–H groups in total. The monoisotopic (exact) mass is 210 g/mol. The summed E-state index contributed by atoms with van der Waals surface area (Å²) < 4.78 is 0. The Morgan fingerprint density at radius 3 is 2.73 bits per heavy atom. The lowest BCUT2D eigenvalue weighted by Crippen LogP contribution is -2.56. The van der Waals surface area contributed by atoms with Crippen LogP contribution in [0.5, 0.6) is 0 Å². The van der Waals surface area contributed by atoms with Gasteiger partial charge in [-0.3, -0.25) is 4.90 Å². The highest BCUT2D eigenvalue weighted by Gasteiger charge is 2.43. The molecular formula is C13H26N2. The first-order chi connectivity index (χ1) is 7.26. The summed E-state index contributed by atoms with van der Waals surface area (Å²) in [4.78, 5) is 2.77. The molecule has 0 aromatic carbocycles. The molecule has 2 heteroatoms. The van der Waals surface area contributed by atoms with Gasteiger partial charge in [0, 0.05) is 31.2 Å². The van der Waals surface area contributed by atoms with Crippen molar-refractivity contribution >= 4 is 0 Å². The third kappa shape index (κ3) is 2.54. The van der Waals surface area contributed by atoms with Crippen LogP contribution in [0.3, 0.4) is 0 Å². The highest BCUT2D eigenvalue weighted by molar-refractivity contribution is 4.99. The maximum absolute atomic E-state index is 3.67. The van der Waals surface area contributed by atoms with Gasteiger partial charge in [0.1, 0.15) is 0 Å². The van der Waals surface area contributed by atoms with Crippen LogP contribution in [-0.2, 0) is 0 Å².